The van der Waals surface area contributed by atoms with Gasteiger partial charge in [-0.2, -0.15) is 0 Å². The third-order valence-electron chi connectivity index (χ3n) is 1.46. The first kappa shape index (κ1) is 10.3. The van der Waals surface area contributed by atoms with Gasteiger partial charge in [-0.3, -0.25) is 5.84 Å². The van der Waals surface area contributed by atoms with E-state index in [1.165, 1.54) is 0 Å². The van der Waals surface area contributed by atoms with Gasteiger partial charge in [0.15, 0.2) is 0 Å². The van der Waals surface area contributed by atoms with Crippen LogP contribution in [0.1, 0.15) is 13.8 Å². The standard InChI is InChI=1S/C9H13BrN2O/c1-6(2)13-9-5-7(10)3-4-8(9)12-11/h3-6,12H,11H2,1-2H3. The van der Waals surface area contributed by atoms with Crippen LogP contribution in [0, 0.1) is 0 Å². The minimum atomic E-state index is 0.140. The highest BCUT2D eigenvalue weighted by atomic mass is 79.9. The van der Waals surface area contributed by atoms with E-state index in [-0.39, 0.29) is 6.10 Å². The van der Waals surface area contributed by atoms with Crippen LogP contribution in [0.3, 0.4) is 0 Å². The number of hydrogen-bond donors (Lipinski definition) is 2. The number of nitrogen functional groups attached to an aromatic ring is 1. The van der Waals surface area contributed by atoms with Crippen molar-refractivity contribution in [2.75, 3.05) is 5.43 Å². The Bertz CT molecular complexity index is 289. The lowest BCUT2D eigenvalue weighted by Gasteiger charge is -2.13. The minimum Gasteiger partial charge on any atom is -0.489 e. The molecule has 0 aromatic heterocycles. The number of anilines is 1. The lowest BCUT2D eigenvalue weighted by Crippen LogP contribution is -2.12. The Morgan fingerprint density at radius 3 is 2.69 bits per heavy atom. The zero-order chi connectivity index (χ0) is 9.84. The number of hydrazine groups is 1. The van der Waals surface area contributed by atoms with Crippen LogP contribution in [-0.2, 0) is 0 Å². The number of benzene rings is 1. The molecule has 3 N–H and O–H groups in total. The van der Waals surface area contributed by atoms with Gasteiger partial charge in [-0.1, -0.05) is 15.9 Å². The van der Waals surface area contributed by atoms with Gasteiger partial charge >= 0.3 is 0 Å². The molecule has 0 heterocycles. The summed E-state index contributed by atoms with van der Waals surface area (Å²) in [7, 11) is 0. The summed E-state index contributed by atoms with van der Waals surface area (Å²) in [6, 6.07) is 5.65. The highest BCUT2D eigenvalue weighted by Crippen LogP contribution is 2.28. The van der Waals surface area contributed by atoms with Crippen molar-refractivity contribution in [3.63, 3.8) is 0 Å². The highest BCUT2D eigenvalue weighted by Gasteiger charge is 2.04. The molecule has 0 unspecified atom stereocenters. The summed E-state index contributed by atoms with van der Waals surface area (Å²) >= 11 is 3.37. The maximum absolute atomic E-state index is 5.54. The Kier molecular flexibility index (Phi) is 3.57. The first-order valence-corrected chi connectivity index (χ1v) is 4.85. The molecule has 0 aliphatic heterocycles. The van der Waals surface area contributed by atoms with E-state index in [1.54, 1.807) is 0 Å². The molecule has 0 atom stereocenters. The molecule has 4 heteroatoms. The predicted molar refractivity (Wildman–Crippen MR) is 57.7 cm³/mol. The van der Waals surface area contributed by atoms with Gasteiger partial charge in [-0.15, -0.1) is 0 Å². The van der Waals surface area contributed by atoms with E-state index < -0.39 is 0 Å². The van der Waals surface area contributed by atoms with E-state index in [4.69, 9.17) is 10.6 Å². The van der Waals surface area contributed by atoms with Gasteiger partial charge < -0.3 is 10.2 Å². The van der Waals surface area contributed by atoms with E-state index >= 15 is 0 Å². The first-order valence-electron chi connectivity index (χ1n) is 4.06. The molecule has 0 fully saturated rings. The zero-order valence-electron chi connectivity index (χ0n) is 7.67. The molecule has 72 valence electrons. The number of ether oxygens (including phenoxy) is 1. The van der Waals surface area contributed by atoms with Crippen molar-refractivity contribution in [1.29, 1.82) is 0 Å². The molecule has 1 aromatic carbocycles. The molecule has 0 aliphatic rings. The molecule has 0 saturated heterocycles. The number of halogens is 1. The average molecular weight is 245 g/mol. The van der Waals surface area contributed by atoms with Crippen LogP contribution in [0.4, 0.5) is 5.69 Å². The zero-order valence-corrected chi connectivity index (χ0v) is 9.26. The third-order valence-corrected chi connectivity index (χ3v) is 1.96. The summed E-state index contributed by atoms with van der Waals surface area (Å²) in [6.45, 7) is 3.95. The Morgan fingerprint density at radius 2 is 2.15 bits per heavy atom. The lowest BCUT2D eigenvalue weighted by molar-refractivity contribution is 0.243. The van der Waals surface area contributed by atoms with Crippen molar-refractivity contribution < 1.29 is 4.74 Å². The van der Waals surface area contributed by atoms with Crippen LogP contribution in [0.15, 0.2) is 22.7 Å². The molecule has 0 amide bonds. The maximum atomic E-state index is 5.54. The second kappa shape index (κ2) is 4.48. The van der Waals surface area contributed by atoms with E-state index in [0.717, 1.165) is 15.9 Å². The second-order valence-electron chi connectivity index (χ2n) is 2.95. The van der Waals surface area contributed by atoms with Crippen LogP contribution < -0.4 is 16.0 Å². The Labute approximate surface area is 86.4 Å². The molecule has 0 bridgehead atoms. The predicted octanol–water partition coefficient (Wildman–Crippen LogP) is 2.52. The largest absolute Gasteiger partial charge is 0.489 e. The van der Waals surface area contributed by atoms with Crippen molar-refractivity contribution in [2.24, 2.45) is 5.84 Å². The van der Waals surface area contributed by atoms with E-state index in [1.807, 2.05) is 32.0 Å². The lowest BCUT2D eigenvalue weighted by atomic mass is 10.3. The Balaban J connectivity index is 2.94. The number of nitrogens with one attached hydrogen (secondary N) is 1. The van der Waals surface area contributed by atoms with Gasteiger partial charge in [-0.05, 0) is 32.0 Å². The van der Waals surface area contributed by atoms with Crippen molar-refractivity contribution in [2.45, 2.75) is 20.0 Å². The fourth-order valence-corrected chi connectivity index (χ4v) is 1.31. The van der Waals surface area contributed by atoms with Crippen molar-refractivity contribution in [1.82, 2.24) is 0 Å². The highest BCUT2D eigenvalue weighted by molar-refractivity contribution is 9.10. The fourth-order valence-electron chi connectivity index (χ4n) is 0.967. The van der Waals surface area contributed by atoms with Crippen LogP contribution in [0.5, 0.6) is 5.75 Å². The molecular weight excluding hydrogens is 232 g/mol. The summed E-state index contributed by atoms with van der Waals surface area (Å²) in [6.07, 6.45) is 0.140. The molecule has 1 aromatic rings. The van der Waals surface area contributed by atoms with Crippen LogP contribution >= 0.6 is 15.9 Å². The van der Waals surface area contributed by atoms with Gasteiger partial charge in [-0.25, -0.2) is 0 Å². The summed E-state index contributed by atoms with van der Waals surface area (Å²) in [5, 5.41) is 0. The quantitative estimate of drug-likeness (QED) is 0.635. The Morgan fingerprint density at radius 1 is 1.46 bits per heavy atom. The minimum absolute atomic E-state index is 0.140. The van der Waals surface area contributed by atoms with Crippen molar-refractivity contribution in [3.8, 4) is 5.75 Å². The Hall–Kier alpha value is -0.740. The van der Waals surface area contributed by atoms with Gasteiger partial charge in [0.05, 0.1) is 11.8 Å². The summed E-state index contributed by atoms with van der Waals surface area (Å²) in [4.78, 5) is 0. The molecule has 13 heavy (non-hydrogen) atoms. The number of nitrogens with two attached hydrogens (primary N) is 1. The summed E-state index contributed by atoms with van der Waals surface area (Å²) in [5.74, 6) is 6.09. The normalized spacial score (nSPS) is 10.2. The number of hydrogen-bond acceptors (Lipinski definition) is 3. The fraction of sp³-hybridized carbons (Fsp3) is 0.333. The maximum Gasteiger partial charge on any atom is 0.145 e. The van der Waals surface area contributed by atoms with Crippen molar-refractivity contribution in [3.05, 3.63) is 22.7 Å². The van der Waals surface area contributed by atoms with E-state index in [0.29, 0.717) is 0 Å². The topological polar surface area (TPSA) is 47.3 Å². The molecule has 3 nitrogen and oxygen atoms in total. The van der Waals surface area contributed by atoms with Gasteiger partial charge in [0.1, 0.15) is 5.75 Å². The summed E-state index contributed by atoms with van der Waals surface area (Å²) < 4.78 is 6.52. The first-order chi connectivity index (χ1) is 6.13. The van der Waals surface area contributed by atoms with Gasteiger partial charge in [0.2, 0.25) is 0 Å². The SMILES string of the molecule is CC(C)Oc1cc(Br)ccc1NN. The van der Waals surface area contributed by atoms with Crippen LogP contribution in [0.2, 0.25) is 0 Å². The molecule has 0 radical (unpaired) electrons. The third kappa shape index (κ3) is 2.90. The summed E-state index contributed by atoms with van der Waals surface area (Å²) in [5.41, 5.74) is 3.37. The number of rotatable bonds is 3. The smallest absolute Gasteiger partial charge is 0.145 e. The van der Waals surface area contributed by atoms with E-state index in [9.17, 15) is 0 Å². The van der Waals surface area contributed by atoms with Crippen LogP contribution in [-0.4, -0.2) is 6.10 Å². The van der Waals surface area contributed by atoms with Crippen LogP contribution in [0.25, 0.3) is 0 Å². The van der Waals surface area contributed by atoms with Crippen molar-refractivity contribution >= 4 is 21.6 Å². The second-order valence-corrected chi connectivity index (χ2v) is 3.87. The molecule has 1 rings (SSSR count). The molecular formula is C9H13BrN2O. The molecule has 0 aliphatic carbocycles. The molecule has 0 spiro atoms. The van der Waals surface area contributed by atoms with E-state index in [2.05, 4.69) is 21.4 Å². The molecule has 0 saturated carbocycles. The average Bonchev–Trinajstić information content (AvgIpc) is 2.03. The van der Waals surface area contributed by atoms with Gasteiger partial charge in [0, 0.05) is 4.47 Å². The monoisotopic (exact) mass is 244 g/mol. The van der Waals surface area contributed by atoms with Gasteiger partial charge in [0.25, 0.3) is 0 Å².